The lowest BCUT2D eigenvalue weighted by atomic mass is 10.2. The number of carbonyl (C=O) groups excluding carboxylic acids is 2. The van der Waals surface area contributed by atoms with Crippen molar-refractivity contribution in [1.29, 1.82) is 0 Å². The summed E-state index contributed by atoms with van der Waals surface area (Å²) in [6.45, 7) is 2.57. The highest BCUT2D eigenvalue weighted by Crippen LogP contribution is 2.22. The van der Waals surface area contributed by atoms with E-state index in [2.05, 4.69) is 29.8 Å². The van der Waals surface area contributed by atoms with E-state index in [0.29, 0.717) is 18.8 Å². The Labute approximate surface area is 164 Å². The second-order valence-electron chi connectivity index (χ2n) is 7.15. The molecule has 0 bridgehead atoms. The first-order valence-corrected chi connectivity index (χ1v) is 9.47. The third kappa shape index (κ3) is 5.53. The Morgan fingerprint density at radius 3 is 2.75 bits per heavy atom. The standard InChI is InChI=1S/C21H25FN4O2/c1-25(14-16-6-3-2-4-7-16)11-10-23-21(28)24-18-13-20(27)26(15-18)19-9-5-8-17(22)12-19/h2-9,12,18H,10-11,13-15H2,1H3,(H2,23,24,28)/p+1/t18-/m0/s1. The van der Waals surface area contributed by atoms with Crippen LogP contribution in [0, 0.1) is 5.82 Å². The van der Waals surface area contributed by atoms with Gasteiger partial charge in [0.2, 0.25) is 5.91 Å². The normalized spacial score (nSPS) is 17.4. The van der Waals surface area contributed by atoms with Gasteiger partial charge in [-0.1, -0.05) is 36.4 Å². The van der Waals surface area contributed by atoms with E-state index < -0.39 is 0 Å². The van der Waals surface area contributed by atoms with Gasteiger partial charge in [-0.05, 0) is 18.2 Å². The average Bonchev–Trinajstić information content (AvgIpc) is 3.02. The highest BCUT2D eigenvalue weighted by atomic mass is 19.1. The number of hydrogen-bond acceptors (Lipinski definition) is 2. The van der Waals surface area contributed by atoms with E-state index in [9.17, 15) is 14.0 Å². The number of halogens is 1. The van der Waals surface area contributed by atoms with E-state index in [1.54, 1.807) is 12.1 Å². The summed E-state index contributed by atoms with van der Waals surface area (Å²) in [5.74, 6) is -0.510. The van der Waals surface area contributed by atoms with Crippen molar-refractivity contribution in [3.05, 3.63) is 66.0 Å². The third-order valence-corrected chi connectivity index (χ3v) is 4.77. The molecule has 0 aromatic heterocycles. The van der Waals surface area contributed by atoms with Crippen LogP contribution in [0.15, 0.2) is 54.6 Å². The quantitative estimate of drug-likeness (QED) is 0.664. The van der Waals surface area contributed by atoms with Crippen molar-refractivity contribution in [3.8, 4) is 0 Å². The fraction of sp³-hybridized carbons (Fsp3) is 0.333. The van der Waals surface area contributed by atoms with Gasteiger partial charge in [0.05, 0.1) is 26.2 Å². The van der Waals surface area contributed by atoms with Gasteiger partial charge in [-0.25, -0.2) is 9.18 Å². The molecule has 2 aromatic rings. The van der Waals surface area contributed by atoms with E-state index in [-0.39, 0.29) is 30.2 Å². The summed E-state index contributed by atoms with van der Waals surface area (Å²) in [5, 5.41) is 5.68. The molecular formula is C21H26FN4O2+. The molecule has 7 heteroatoms. The first kappa shape index (κ1) is 19.8. The van der Waals surface area contributed by atoms with E-state index in [4.69, 9.17) is 0 Å². The first-order valence-electron chi connectivity index (χ1n) is 9.47. The largest absolute Gasteiger partial charge is 0.333 e. The smallest absolute Gasteiger partial charge is 0.315 e. The number of rotatable bonds is 7. The molecule has 1 heterocycles. The lowest BCUT2D eigenvalue weighted by molar-refractivity contribution is -0.892. The molecule has 1 aliphatic rings. The zero-order valence-corrected chi connectivity index (χ0v) is 16.0. The molecule has 2 aromatic carbocycles. The van der Waals surface area contributed by atoms with Crippen LogP contribution in [0.1, 0.15) is 12.0 Å². The molecule has 28 heavy (non-hydrogen) atoms. The third-order valence-electron chi connectivity index (χ3n) is 4.77. The van der Waals surface area contributed by atoms with Crippen LogP contribution in [0.3, 0.4) is 0 Å². The first-order chi connectivity index (χ1) is 13.5. The van der Waals surface area contributed by atoms with Gasteiger partial charge in [-0.2, -0.15) is 0 Å². The number of nitrogens with one attached hydrogen (secondary N) is 3. The van der Waals surface area contributed by atoms with E-state index in [0.717, 1.165) is 13.1 Å². The molecule has 0 radical (unpaired) electrons. The van der Waals surface area contributed by atoms with E-state index in [1.807, 2.05) is 18.2 Å². The predicted molar refractivity (Wildman–Crippen MR) is 106 cm³/mol. The number of nitrogens with zero attached hydrogens (tertiary/aromatic N) is 1. The summed E-state index contributed by atoms with van der Waals surface area (Å²) in [4.78, 5) is 27.1. The molecule has 2 atom stereocenters. The zero-order chi connectivity index (χ0) is 19.9. The number of urea groups is 1. The summed E-state index contributed by atoms with van der Waals surface area (Å²) >= 11 is 0. The molecule has 1 saturated heterocycles. The maximum absolute atomic E-state index is 13.4. The lowest BCUT2D eigenvalue weighted by Crippen LogP contribution is -3.08. The van der Waals surface area contributed by atoms with Crippen LogP contribution in [0.2, 0.25) is 0 Å². The predicted octanol–water partition coefficient (Wildman–Crippen LogP) is 0.945. The van der Waals surface area contributed by atoms with Crippen molar-refractivity contribution in [2.45, 2.75) is 19.0 Å². The van der Waals surface area contributed by atoms with Crippen molar-refractivity contribution in [1.82, 2.24) is 10.6 Å². The Hall–Kier alpha value is -2.93. The summed E-state index contributed by atoms with van der Waals surface area (Å²) < 4.78 is 13.4. The Kier molecular flexibility index (Phi) is 6.60. The topological polar surface area (TPSA) is 65.9 Å². The summed E-state index contributed by atoms with van der Waals surface area (Å²) in [5.41, 5.74) is 1.77. The molecule has 6 nitrogen and oxygen atoms in total. The van der Waals surface area contributed by atoms with E-state index in [1.165, 1.54) is 27.5 Å². The zero-order valence-electron chi connectivity index (χ0n) is 16.0. The number of carbonyl (C=O) groups is 2. The molecule has 3 N–H and O–H groups in total. The van der Waals surface area contributed by atoms with Gasteiger partial charge in [-0.15, -0.1) is 0 Å². The van der Waals surface area contributed by atoms with Gasteiger partial charge in [0.25, 0.3) is 0 Å². The number of hydrogen-bond donors (Lipinski definition) is 3. The van der Waals surface area contributed by atoms with Crippen LogP contribution < -0.4 is 20.4 Å². The minimum absolute atomic E-state index is 0.122. The van der Waals surface area contributed by atoms with Crippen LogP contribution in [-0.2, 0) is 11.3 Å². The number of amides is 3. The fourth-order valence-electron chi connectivity index (χ4n) is 3.36. The van der Waals surface area contributed by atoms with Crippen molar-refractivity contribution >= 4 is 17.6 Å². The van der Waals surface area contributed by atoms with Crippen molar-refractivity contribution in [2.75, 3.05) is 31.6 Å². The van der Waals surface area contributed by atoms with Gasteiger partial charge in [0.15, 0.2) is 0 Å². The average molecular weight is 385 g/mol. The molecule has 0 spiro atoms. The molecule has 1 aliphatic heterocycles. The molecule has 148 valence electrons. The Balaban J connectivity index is 1.40. The Bertz CT molecular complexity index is 815. The molecule has 1 unspecified atom stereocenters. The van der Waals surface area contributed by atoms with Crippen molar-refractivity contribution in [3.63, 3.8) is 0 Å². The maximum Gasteiger partial charge on any atom is 0.315 e. The van der Waals surface area contributed by atoms with Crippen LogP contribution in [0.5, 0.6) is 0 Å². The number of likely N-dealkylation sites (N-methyl/N-ethyl adjacent to an activating group) is 1. The molecule has 0 saturated carbocycles. The molecule has 3 amide bonds. The van der Waals surface area contributed by atoms with Crippen molar-refractivity contribution < 1.29 is 18.9 Å². The Morgan fingerprint density at radius 2 is 2.00 bits per heavy atom. The molecule has 3 rings (SSSR count). The highest BCUT2D eigenvalue weighted by molar-refractivity contribution is 5.96. The van der Waals surface area contributed by atoms with Crippen LogP contribution >= 0.6 is 0 Å². The minimum Gasteiger partial charge on any atom is -0.333 e. The second-order valence-corrected chi connectivity index (χ2v) is 7.15. The number of anilines is 1. The van der Waals surface area contributed by atoms with Crippen LogP contribution in [-0.4, -0.2) is 44.7 Å². The fourth-order valence-corrected chi connectivity index (χ4v) is 3.36. The summed E-state index contributed by atoms with van der Waals surface area (Å²) in [6.07, 6.45) is 0.211. The van der Waals surface area contributed by atoms with Crippen LogP contribution in [0.25, 0.3) is 0 Å². The maximum atomic E-state index is 13.4. The summed E-state index contributed by atoms with van der Waals surface area (Å²) in [6, 6.07) is 15.6. The van der Waals surface area contributed by atoms with Crippen molar-refractivity contribution in [2.24, 2.45) is 0 Å². The molecule has 0 aliphatic carbocycles. The van der Waals surface area contributed by atoms with Gasteiger partial charge in [0.1, 0.15) is 12.4 Å². The van der Waals surface area contributed by atoms with E-state index >= 15 is 0 Å². The van der Waals surface area contributed by atoms with Gasteiger partial charge < -0.3 is 20.4 Å². The SMILES string of the molecule is C[NH+](CCNC(=O)N[C@H]1CC(=O)N(c2cccc(F)c2)C1)Cc1ccccc1. The Morgan fingerprint density at radius 1 is 1.21 bits per heavy atom. The number of benzene rings is 2. The monoisotopic (exact) mass is 385 g/mol. The molecular weight excluding hydrogens is 359 g/mol. The minimum atomic E-state index is -0.387. The van der Waals surface area contributed by atoms with Crippen LogP contribution in [0.4, 0.5) is 14.9 Å². The highest BCUT2D eigenvalue weighted by Gasteiger charge is 2.31. The second kappa shape index (κ2) is 9.32. The van der Waals surface area contributed by atoms with Gasteiger partial charge >= 0.3 is 6.03 Å². The van der Waals surface area contributed by atoms with Gasteiger partial charge in [-0.3, -0.25) is 4.79 Å². The molecule has 1 fully saturated rings. The number of quaternary nitrogens is 1. The summed E-state index contributed by atoms with van der Waals surface area (Å²) in [7, 11) is 2.08. The lowest BCUT2D eigenvalue weighted by Gasteiger charge is -2.18. The van der Waals surface area contributed by atoms with Gasteiger partial charge in [0, 0.05) is 24.2 Å².